The first kappa shape index (κ1) is 22.2. The molecule has 0 heterocycles. The number of carbonyl (C=O) groups excluding carboxylic acids is 1. The van der Waals surface area contributed by atoms with E-state index in [2.05, 4.69) is 0 Å². The van der Waals surface area contributed by atoms with Crippen LogP contribution >= 0.6 is 0 Å². The SMILES string of the molecule is COc1ccc(CN(Cc2ccc(OC)cc2)C(=O)c2ccccc2C(F)(F)F)cc1. The summed E-state index contributed by atoms with van der Waals surface area (Å²) in [5, 5.41) is 0. The van der Waals surface area contributed by atoms with Crippen molar-refractivity contribution in [3.63, 3.8) is 0 Å². The predicted molar refractivity (Wildman–Crippen MR) is 111 cm³/mol. The van der Waals surface area contributed by atoms with E-state index in [-0.39, 0.29) is 18.7 Å². The van der Waals surface area contributed by atoms with Crippen LogP contribution in [0, 0.1) is 0 Å². The zero-order chi connectivity index (χ0) is 22.4. The Balaban J connectivity index is 1.95. The molecule has 3 rings (SSSR count). The van der Waals surface area contributed by atoms with E-state index in [1.165, 1.54) is 23.1 Å². The molecule has 0 aliphatic rings. The molecule has 0 saturated heterocycles. The van der Waals surface area contributed by atoms with E-state index >= 15 is 0 Å². The zero-order valence-electron chi connectivity index (χ0n) is 17.1. The molecular formula is C24H22F3NO3. The molecule has 1 amide bonds. The van der Waals surface area contributed by atoms with Gasteiger partial charge in [-0.05, 0) is 47.5 Å². The maximum atomic E-state index is 13.5. The van der Waals surface area contributed by atoms with Crippen molar-refractivity contribution in [2.45, 2.75) is 19.3 Å². The lowest BCUT2D eigenvalue weighted by atomic mass is 10.0. The van der Waals surface area contributed by atoms with E-state index in [4.69, 9.17) is 9.47 Å². The molecule has 4 nitrogen and oxygen atoms in total. The summed E-state index contributed by atoms with van der Waals surface area (Å²) >= 11 is 0. The van der Waals surface area contributed by atoms with Gasteiger partial charge in [-0.3, -0.25) is 4.79 Å². The highest BCUT2D eigenvalue weighted by atomic mass is 19.4. The smallest absolute Gasteiger partial charge is 0.417 e. The minimum absolute atomic E-state index is 0.140. The topological polar surface area (TPSA) is 38.8 Å². The molecule has 162 valence electrons. The fourth-order valence-corrected chi connectivity index (χ4v) is 3.19. The molecule has 3 aromatic carbocycles. The van der Waals surface area contributed by atoms with E-state index in [9.17, 15) is 18.0 Å². The number of alkyl halides is 3. The lowest BCUT2D eigenvalue weighted by molar-refractivity contribution is -0.138. The fourth-order valence-electron chi connectivity index (χ4n) is 3.19. The number of methoxy groups -OCH3 is 2. The Morgan fingerprint density at radius 3 is 1.65 bits per heavy atom. The molecule has 0 bridgehead atoms. The van der Waals surface area contributed by atoms with Gasteiger partial charge in [-0.15, -0.1) is 0 Å². The molecule has 31 heavy (non-hydrogen) atoms. The maximum absolute atomic E-state index is 13.5. The van der Waals surface area contributed by atoms with E-state index in [1.807, 2.05) is 0 Å². The Morgan fingerprint density at radius 2 is 1.23 bits per heavy atom. The van der Waals surface area contributed by atoms with Crippen LogP contribution in [0.3, 0.4) is 0 Å². The molecule has 0 fully saturated rings. The summed E-state index contributed by atoms with van der Waals surface area (Å²) in [7, 11) is 3.09. The van der Waals surface area contributed by atoms with Crippen molar-refractivity contribution in [2.24, 2.45) is 0 Å². The van der Waals surface area contributed by atoms with Gasteiger partial charge in [-0.25, -0.2) is 0 Å². The van der Waals surface area contributed by atoms with Gasteiger partial charge in [0.05, 0.1) is 25.3 Å². The molecule has 0 aliphatic heterocycles. The van der Waals surface area contributed by atoms with Crippen LogP contribution in [0.25, 0.3) is 0 Å². The highest BCUT2D eigenvalue weighted by Gasteiger charge is 2.36. The van der Waals surface area contributed by atoms with E-state index in [0.29, 0.717) is 11.5 Å². The summed E-state index contributed by atoms with van der Waals surface area (Å²) in [5.41, 5.74) is 0.214. The Kier molecular flexibility index (Phi) is 6.84. The minimum atomic E-state index is -4.63. The standard InChI is InChI=1S/C24H22F3NO3/c1-30-19-11-7-17(8-12-19)15-28(16-18-9-13-20(31-2)14-10-18)23(29)21-5-3-4-6-22(21)24(25,26)27/h3-14H,15-16H2,1-2H3. The number of hydrogen-bond acceptors (Lipinski definition) is 3. The van der Waals surface area contributed by atoms with Crippen LogP contribution in [0.5, 0.6) is 11.5 Å². The molecular weight excluding hydrogens is 407 g/mol. The van der Waals surface area contributed by atoms with Crippen LogP contribution in [-0.2, 0) is 19.3 Å². The van der Waals surface area contributed by atoms with Gasteiger partial charge in [-0.2, -0.15) is 13.2 Å². The van der Waals surface area contributed by atoms with Crippen molar-refractivity contribution in [1.82, 2.24) is 4.90 Å². The van der Waals surface area contributed by atoms with Gasteiger partial charge < -0.3 is 14.4 Å². The van der Waals surface area contributed by atoms with Crippen LogP contribution in [0.2, 0.25) is 0 Å². The summed E-state index contributed by atoms with van der Waals surface area (Å²) in [6.07, 6.45) is -4.63. The van der Waals surface area contributed by atoms with Crippen molar-refractivity contribution in [1.29, 1.82) is 0 Å². The molecule has 0 saturated carbocycles. The summed E-state index contributed by atoms with van der Waals surface area (Å²) in [6, 6.07) is 18.9. The summed E-state index contributed by atoms with van der Waals surface area (Å²) in [4.78, 5) is 14.6. The zero-order valence-corrected chi connectivity index (χ0v) is 17.1. The molecule has 0 radical (unpaired) electrons. The van der Waals surface area contributed by atoms with Crippen molar-refractivity contribution in [3.05, 3.63) is 95.1 Å². The summed E-state index contributed by atoms with van der Waals surface area (Å²) in [6.45, 7) is 0.280. The third kappa shape index (κ3) is 5.57. The average molecular weight is 429 g/mol. The van der Waals surface area contributed by atoms with Crippen LogP contribution in [0.15, 0.2) is 72.8 Å². The average Bonchev–Trinajstić information content (AvgIpc) is 2.78. The monoisotopic (exact) mass is 429 g/mol. The number of amides is 1. The molecule has 0 N–H and O–H groups in total. The third-order valence-corrected chi connectivity index (χ3v) is 4.82. The van der Waals surface area contributed by atoms with Gasteiger partial charge in [0.2, 0.25) is 0 Å². The van der Waals surface area contributed by atoms with Gasteiger partial charge in [0.25, 0.3) is 5.91 Å². The highest BCUT2D eigenvalue weighted by molar-refractivity contribution is 5.95. The second kappa shape index (κ2) is 9.55. The van der Waals surface area contributed by atoms with Crippen LogP contribution in [-0.4, -0.2) is 25.0 Å². The number of ether oxygens (including phenoxy) is 2. The first-order valence-electron chi connectivity index (χ1n) is 9.53. The van der Waals surface area contributed by atoms with Crippen LogP contribution < -0.4 is 9.47 Å². The van der Waals surface area contributed by atoms with E-state index in [0.717, 1.165) is 17.2 Å². The number of halogens is 3. The second-order valence-corrected chi connectivity index (χ2v) is 6.90. The molecule has 3 aromatic rings. The third-order valence-electron chi connectivity index (χ3n) is 4.82. The van der Waals surface area contributed by atoms with Gasteiger partial charge in [0.1, 0.15) is 11.5 Å². The first-order chi connectivity index (χ1) is 14.8. The Bertz CT molecular complexity index is 966. The molecule has 0 unspecified atom stereocenters. The van der Waals surface area contributed by atoms with Crippen LogP contribution in [0.4, 0.5) is 13.2 Å². The molecule has 0 aliphatic carbocycles. The Labute approximate surface area is 178 Å². The Morgan fingerprint density at radius 1 is 0.774 bits per heavy atom. The predicted octanol–water partition coefficient (Wildman–Crippen LogP) is 5.57. The minimum Gasteiger partial charge on any atom is -0.497 e. The molecule has 0 spiro atoms. The first-order valence-corrected chi connectivity index (χ1v) is 9.53. The number of benzene rings is 3. The highest BCUT2D eigenvalue weighted by Crippen LogP contribution is 2.33. The van der Waals surface area contributed by atoms with Gasteiger partial charge in [0.15, 0.2) is 0 Å². The van der Waals surface area contributed by atoms with Crippen molar-refractivity contribution >= 4 is 5.91 Å². The van der Waals surface area contributed by atoms with Gasteiger partial charge in [0, 0.05) is 13.1 Å². The quantitative estimate of drug-likeness (QED) is 0.493. The summed E-state index contributed by atoms with van der Waals surface area (Å²) < 4.78 is 50.8. The lowest BCUT2D eigenvalue weighted by Gasteiger charge is -2.25. The molecule has 0 atom stereocenters. The van der Waals surface area contributed by atoms with Crippen LogP contribution in [0.1, 0.15) is 27.0 Å². The van der Waals surface area contributed by atoms with E-state index in [1.54, 1.807) is 62.8 Å². The van der Waals surface area contributed by atoms with Crippen molar-refractivity contribution in [3.8, 4) is 11.5 Å². The fraction of sp³-hybridized carbons (Fsp3) is 0.208. The maximum Gasteiger partial charge on any atom is 0.417 e. The van der Waals surface area contributed by atoms with Gasteiger partial charge in [-0.1, -0.05) is 36.4 Å². The normalized spacial score (nSPS) is 11.1. The summed E-state index contributed by atoms with van der Waals surface area (Å²) in [5.74, 6) is 0.609. The van der Waals surface area contributed by atoms with Crippen molar-refractivity contribution < 1.29 is 27.4 Å². The van der Waals surface area contributed by atoms with Crippen molar-refractivity contribution in [2.75, 3.05) is 14.2 Å². The second-order valence-electron chi connectivity index (χ2n) is 6.90. The number of hydrogen-bond donors (Lipinski definition) is 0. The Hall–Kier alpha value is -3.48. The molecule has 7 heteroatoms. The van der Waals surface area contributed by atoms with Gasteiger partial charge >= 0.3 is 6.18 Å². The van der Waals surface area contributed by atoms with E-state index < -0.39 is 17.6 Å². The lowest BCUT2D eigenvalue weighted by Crippen LogP contribution is -2.31. The number of nitrogens with zero attached hydrogens (tertiary/aromatic N) is 1. The number of carbonyl (C=O) groups is 1. The number of rotatable bonds is 7. The molecule has 0 aromatic heterocycles. The largest absolute Gasteiger partial charge is 0.497 e.